The first-order chi connectivity index (χ1) is 9.09. The molecule has 0 bridgehead atoms. The molecule has 1 fully saturated rings. The lowest BCUT2D eigenvalue weighted by Gasteiger charge is -2.37. The normalized spacial score (nSPS) is 23.2. The minimum absolute atomic E-state index is 0.204. The van der Waals surface area contributed by atoms with Crippen molar-refractivity contribution < 1.29 is 23.1 Å². The van der Waals surface area contributed by atoms with Crippen LogP contribution in [0.1, 0.15) is 34.1 Å². The number of nitrogens with one attached hydrogen (secondary N) is 1. The summed E-state index contributed by atoms with van der Waals surface area (Å²) in [6.45, 7) is 7.88. The van der Waals surface area contributed by atoms with Crippen LogP contribution in [0.15, 0.2) is 0 Å². The Morgan fingerprint density at radius 2 is 2.10 bits per heavy atom. The standard InChI is InChI=1S/C12H24N2O5S/c1-5-9(2)10(11(15)16)13-20(17,18)14-6-7-19-12(3,4)8-14/h9-10,13H,5-8H2,1-4H3,(H,15,16)/t9-,10-/m0/s1. The van der Waals surface area contributed by atoms with E-state index in [1.165, 1.54) is 4.31 Å². The van der Waals surface area contributed by atoms with Gasteiger partial charge in [-0.1, -0.05) is 20.3 Å². The highest BCUT2D eigenvalue weighted by atomic mass is 32.2. The van der Waals surface area contributed by atoms with E-state index in [2.05, 4.69) is 4.72 Å². The summed E-state index contributed by atoms with van der Waals surface area (Å²) in [5.74, 6) is -1.44. The molecule has 1 heterocycles. The predicted octanol–water partition coefficient (Wildman–Crippen LogP) is 0.431. The highest BCUT2D eigenvalue weighted by Crippen LogP contribution is 2.19. The van der Waals surface area contributed by atoms with Gasteiger partial charge in [0.2, 0.25) is 0 Å². The van der Waals surface area contributed by atoms with Crippen LogP contribution in [0.4, 0.5) is 0 Å². The second kappa shape index (κ2) is 6.38. The van der Waals surface area contributed by atoms with E-state index in [0.29, 0.717) is 13.0 Å². The van der Waals surface area contributed by atoms with Gasteiger partial charge in [-0.15, -0.1) is 0 Å². The fraction of sp³-hybridized carbons (Fsp3) is 0.917. The Morgan fingerprint density at radius 3 is 2.55 bits per heavy atom. The van der Waals surface area contributed by atoms with Crippen molar-refractivity contribution in [3.63, 3.8) is 0 Å². The Hall–Kier alpha value is -0.700. The van der Waals surface area contributed by atoms with Gasteiger partial charge in [-0.05, 0) is 19.8 Å². The summed E-state index contributed by atoms with van der Waals surface area (Å²) < 4.78 is 33.6. The molecule has 0 saturated carbocycles. The first kappa shape index (κ1) is 17.4. The molecule has 20 heavy (non-hydrogen) atoms. The van der Waals surface area contributed by atoms with Crippen LogP contribution in [0.25, 0.3) is 0 Å². The first-order valence-electron chi connectivity index (χ1n) is 6.73. The lowest BCUT2D eigenvalue weighted by Crippen LogP contribution is -2.57. The number of carboxylic acid groups (broad SMARTS) is 1. The van der Waals surface area contributed by atoms with Gasteiger partial charge in [0.25, 0.3) is 10.2 Å². The summed E-state index contributed by atoms with van der Waals surface area (Å²) >= 11 is 0. The van der Waals surface area contributed by atoms with Gasteiger partial charge in [0.15, 0.2) is 0 Å². The number of carboxylic acids is 1. The van der Waals surface area contributed by atoms with E-state index in [9.17, 15) is 13.2 Å². The number of hydrogen-bond donors (Lipinski definition) is 2. The van der Waals surface area contributed by atoms with Crippen LogP contribution in [0, 0.1) is 5.92 Å². The molecular formula is C12H24N2O5S. The van der Waals surface area contributed by atoms with Gasteiger partial charge in [-0.2, -0.15) is 17.4 Å². The molecule has 0 aliphatic carbocycles. The maximum absolute atomic E-state index is 12.3. The lowest BCUT2D eigenvalue weighted by molar-refractivity contribution is -0.140. The van der Waals surface area contributed by atoms with Crippen molar-refractivity contribution in [2.45, 2.75) is 45.8 Å². The summed E-state index contributed by atoms with van der Waals surface area (Å²) in [4.78, 5) is 11.2. The third-order valence-corrected chi connectivity index (χ3v) is 5.03. The second-order valence-corrected chi connectivity index (χ2v) is 7.47. The molecule has 0 spiro atoms. The highest BCUT2D eigenvalue weighted by molar-refractivity contribution is 7.87. The quantitative estimate of drug-likeness (QED) is 0.742. The van der Waals surface area contributed by atoms with Crippen LogP contribution in [0.5, 0.6) is 0 Å². The zero-order chi connectivity index (χ0) is 15.6. The number of morpholine rings is 1. The molecule has 1 aliphatic rings. The van der Waals surface area contributed by atoms with Crippen molar-refractivity contribution >= 4 is 16.2 Å². The zero-order valence-electron chi connectivity index (χ0n) is 12.4. The van der Waals surface area contributed by atoms with Crippen LogP contribution in [-0.2, 0) is 19.7 Å². The third kappa shape index (κ3) is 4.41. The van der Waals surface area contributed by atoms with Gasteiger partial charge >= 0.3 is 5.97 Å². The van der Waals surface area contributed by atoms with Crippen LogP contribution in [0.2, 0.25) is 0 Å². The van der Waals surface area contributed by atoms with Gasteiger partial charge in [-0.3, -0.25) is 4.79 Å². The largest absolute Gasteiger partial charge is 0.480 e. The second-order valence-electron chi connectivity index (χ2n) is 5.77. The molecule has 118 valence electrons. The fourth-order valence-corrected chi connectivity index (χ4v) is 3.66. The van der Waals surface area contributed by atoms with Gasteiger partial charge in [-0.25, -0.2) is 0 Å². The summed E-state index contributed by atoms with van der Waals surface area (Å²) in [5, 5.41) is 9.17. The molecule has 0 radical (unpaired) electrons. The van der Waals surface area contributed by atoms with Crippen LogP contribution in [-0.4, -0.2) is 55.1 Å². The van der Waals surface area contributed by atoms with E-state index < -0.39 is 27.8 Å². The van der Waals surface area contributed by atoms with E-state index in [1.54, 1.807) is 20.8 Å². The minimum atomic E-state index is -3.83. The minimum Gasteiger partial charge on any atom is -0.480 e. The molecule has 1 rings (SSSR count). The summed E-state index contributed by atoms with van der Waals surface area (Å²) in [6.07, 6.45) is 0.577. The van der Waals surface area contributed by atoms with E-state index in [1.807, 2.05) is 6.92 Å². The highest BCUT2D eigenvalue weighted by Gasteiger charge is 2.37. The van der Waals surface area contributed by atoms with Gasteiger partial charge in [0.05, 0.1) is 12.2 Å². The van der Waals surface area contributed by atoms with E-state index in [0.717, 1.165) is 0 Å². The smallest absolute Gasteiger partial charge is 0.322 e. The maximum Gasteiger partial charge on any atom is 0.322 e. The molecule has 2 N–H and O–H groups in total. The van der Waals surface area contributed by atoms with Crippen LogP contribution >= 0.6 is 0 Å². The number of aliphatic carboxylic acids is 1. The Balaban J connectivity index is 2.85. The maximum atomic E-state index is 12.3. The van der Waals surface area contributed by atoms with Gasteiger partial charge in [0, 0.05) is 13.1 Å². The molecule has 0 aromatic heterocycles. The van der Waals surface area contributed by atoms with Gasteiger partial charge in [0.1, 0.15) is 6.04 Å². The Kier molecular flexibility index (Phi) is 5.54. The molecule has 0 aromatic carbocycles. The molecule has 8 heteroatoms. The molecule has 1 saturated heterocycles. The SMILES string of the molecule is CC[C@H](C)[C@H](NS(=O)(=O)N1CCOC(C)(C)C1)C(=O)O. The zero-order valence-corrected chi connectivity index (χ0v) is 13.2. The number of hydrogen-bond acceptors (Lipinski definition) is 4. The Labute approximate surface area is 120 Å². The van der Waals surface area contributed by atoms with Gasteiger partial charge < -0.3 is 9.84 Å². The molecular weight excluding hydrogens is 284 g/mol. The number of nitrogens with zero attached hydrogens (tertiary/aromatic N) is 1. The van der Waals surface area contributed by atoms with Crippen molar-refractivity contribution in [3.8, 4) is 0 Å². The first-order valence-corrected chi connectivity index (χ1v) is 8.17. The summed E-state index contributed by atoms with van der Waals surface area (Å²) in [5.41, 5.74) is -0.567. The molecule has 7 nitrogen and oxygen atoms in total. The monoisotopic (exact) mass is 308 g/mol. The van der Waals surface area contributed by atoms with Crippen LogP contribution < -0.4 is 4.72 Å². The summed E-state index contributed by atoms with van der Waals surface area (Å²) in [6, 6.07) is -1.11. The van der Waals surface area contributed by atoms with E-state index >= 15 is 0 Å². The number of carbonyl (C=O) groups is 1. The Morgan fingerprint density at radius 1 is 1.50 bits per heavy atom. The van der Waals surface area contributed by atoms with Crippen LogP contribution in [0.3, 0.4) is 0 Å². The number of rotatable bonds is 6. The van der Waals surface area contributed by atoms with E-state index in [4.69, 9.17) is 9.84 Å². The van der Waals surface area contributed by atoms with E-state index in [-0.39, 0.29) is 19.0 Å². The Bertz CT molecular complexity index is 449. The molecule has 0 unspecified atom stereocenters. The molecule has 2 atom stereocenters. The summed E-state index contributed by atoms with van der Waals surface area (Å²) in [7, 11) is -3.83. The van der Waals surface area contributed by atoms with Crippen molar-refractivity contribution in [1.29, 1.82) is 0 Å². The molecule has 0 aromatic rings. The molecule has 1 aliphatic heterocycles. The average molecular weight is 308 g/mol. The average Bonchev–Trinajstić information content (AvgIpc) is 2.33. The number of ether oxygens (including phenoxy) is 1. The predicted molar refractivity (Wildman–Crippen MR) is 74.5 cm³/mol. The van der Waals surface area contributed by atoms with Crippen molar-refractivity contribution in [1.82, 2.24) is 9.03 Å². The third-order valence-electron chi connectivity index (χ3n) is 3.49. The topological polar surface area (TPSA) is 95.9 Å². The fourth-order valence-electron chi connectivity index (χ4n) is 2.06. The van der Waals surface area contributed by atoms with Crippen molar-refractivity contribution in [3.05, 3.63) is 0 Å². The molecule has 0 amide bonds. The van der Waals surface area contributed by atoms with Crippen molar-refractivity contribution in [2.75, 3.05) is 19.7 Å². The lowest BCUT2D eigenvalue weighted by atomic mass is 10.0. The van der Waals surface area contributed by atoms with Crippen molar-refractivity contribution in [2.24, 2.45) is 5.92 Å².